The molecule has 0 radical (unpaired) electrons. The Morgan fingerprint density at radius 2 is 1.73 bits per heavy atom. The second-order valence-corrected chi connectivity index (χ2v) is 4.78. The summed E-state index contributed by atoms with van der Waals surface area (Å²) in [5, 5.41) is 0.634. The Kier molecular flexibility index (Phi) is 3.87. The molecule has 0 spiro atoms. The van der Waals surface area contributed by atoms with Crippen molar-refractivity contribution in [2.24, 2.45) is 4.99 Å². The molecule has 1 aliphatic heterocycles. The first-order valence-corrected chi connectivity index (χ1v) is 6.81. The molecule has 0 aliphatic carbocycles. The summed E-state index contributed by atoms with van der Waals surface area (Å²) in [7, 11) is 0. The van der Waals surface area contributed by atoms with Crippen molar-refractivity contribution < 1.29 is 4.79 Å². The SMILES string of the molecule is O=C1Cc2ccccc2C=N1.O=c1[nH]cnc2ccccc12. The number of fused-ring (bicyclic) bond motifs is 2. The van der Waals surface area contributed by atoms with Crippen LogP contribution in [0, 0.1) is 0 Å². The fourth-order valence-electron chi connectivity index (χ4n) is 2.19. The lowest BCUT2D eigenvalue weighted by molar-refractivity contribution is -0.117. The first-order chi connectivity index (χ1) is 10.7. The van der Waals surface area contributed by atoms with Gasteiger partial charge in [-0.25, -0.2) is 9.98 Å². The molecule has 0 saturated heterocycles. The number of nitrogens with zero attached hydrogens (tertiary/aromatic N) is 2. The second kappa shape index (κ2) is 6.13. The Morgan fingerprint density at radius 3 is 2.59 bits per heavy atom. The maximum atomic E-state index is 11.1. The van der Waals surface area contributed by atoms with E-state index in [9.17, 15) is 9.59 Å². The van der Waals surface area contributed by atoms with Crippen molar-refractivity contribution in [3.63, 3.8) is 0 Å². The Bertz CT molecular complexity index is 907. The summed E-state index contributed by atoms with van der Waals surface area (Å²) < 4.78 is 0. The maximum absolute atomic E-state index is 11.1. The molecule has 0 unspecified atom stereocenters. The minimum Gasteiger partial charge on any atom is -0.313 e. The van der Waals surface area contributed by atoms with Crippen LogP contribution in [0.1, 0.15) is 11.1 Å². The van der Waals surface area contributed by atoms with Gasteiger partial charge in [0.2, 0.25) is 5.91 Å². The van der Waals surface area contributed by atoms with Crippen molar-refractivity contribution in [2.75, 3.05) is 0 Å². The Labute approximate surface area is 126 Å². The Hall–Kier alpha value is -3.08. The second-order valence-electron chi connectivity index (χ2n) is 4.78. The predicted molar refractivity (Wildman–Crippen MR) is 85.1 cm³/mol. The molecular weight excluding hydrogens is 278 g/mol. The zero-order chi connectivity index (χ0) is 15.4. The summed E-state index contributed by atoms with van der Waals surface area (Å²) in [6.45, 7) is 0. The molecule has 2 heterocycles. The van der Waals surface area contributed by atoms with Crippen LogP contribution < -0.4 is 5.56 Å². The van der Waals surface area contributed by atoms with Gasteiger partial charge < -0.3 is 4.98 Å². The Morgan fingerprint density at radius 1 is 0.955 bits per heavy atom. The third-order valence-corrected chi connectivity index (χ3v) is 3.29. The molecule has 0 fully saturated rings. The maximum Gasteiger partial charge on any atom is 0.258 e. The number of nitrogens with one attached hydrogen (secondary N) is 1. The molecule has 108 valence electrons. The summed E-state index contributed by atoms with van der Waals surface area (Å²) >= 11 is 0. The number of carbonyl (C=O) groups is 1. The highest BCUT2D eigenvalue weighted by atomic mass is 16.1. The van der Waals surface area contributed by atoms with Crippen molar-refractivity contribution in [1.82, 2.24) is 9.97 Å². The highest BCUT2D eigenvalue weighted by Crippen LogP contribution is 2.11. The van der Waals surface area contributed by atoms with Crippen LogP contribution in [0.5, 0.6) is 0 Å². The van der Waals surface area contributed by atoms with Crippen molar-refractivity contribution >= 4 is 23.0 Å². The van der Waals surface area contributed by atoms with Gasteiger partial charge in [0.05, 0.1) is 23.7 Å². The average molecular weight is 291 g/mol. The van der Waals surface area contributed by atoms with E-state index in [0.717, 1.165) is 16.6 Å². The quantitative estimate of drug-likeness (QED) is 0.689. The fourth-order valence-corrected chi connectivity index (χ4v) is 2.19. The minimum absolute atomic E-state index is 0.0521. The van der Waals surface area contributed by atoms with Crippen molar-refractivity contribution in [2.45, 2.75) is 6.42 Å². The zero-order valence-electron chi connectivity index (χ0n) is 11.7. The summed E-state index contributed by atoms with van der Waals surface area (Å²) in [5.74, 6) is -0.0521. The normalized spacial score (nSPS) is 12.5. The number of benzene rings is 2. The first-order valence-electron chi connectivity index (χ1n) is 6.81. The molecule has 5 nitrogen and oxygen atoms in total. The van der Waals surface area contributed by atoms with Crippen molar-refractivity contribution in [1.29, 1.82) is 0 Å². The molecule has 5 heteroatoms. The number of rotatable bonds is 0. The molecule has 22 heavy (non-hydrogen) atoms. The number of para-hydroxylation sites is 1. The number of aliphatic imine (C=N–C) groups is 1. The molecule has 2 aromatic carbocycles. The molecule has 1 amide bonds. The number of carbonyl (C=O) groups excluding carboxylic acids is 1. The molecule has 1 aliphatic rings. The molecule has 1 N–H and O–H groups in total. The largest absolute Gasteiger partial charge is 0.313 e. The zero-order valence-corrected chi connectivity index (χ0v) is 11.7. The molecule has 0 saturated carbocycles. The number of amides is 1. The number of hydrogen-bond donors (Lipinski definition) is 1. The molecule has 3 aromatic rings. The van der Waals surface area contributed by atoms with Gasteiger partial charge in [-0.3, -0.25) is 9.59 Å². The number of aromatic amines is 1. The lowest BCUT2D eigenvalue weighted by Gasteiger charge is -2.06. The lowest BCUT2D eigenvalue weighted by atomic mass is 10.0. The van der Waals surface area contributed by atoms with Crippen LogP contribution in [0.2, 0.25) is 0 Å². The van der Waals surface area contributed by atoms with E-state index < -0.39 is 0 Å². The predicted octanol–water partition coefficient (Wildman–Crippen LogP) is 2.11. The van der Waals surface area contributed by atoms with Gasteiger partial charge in [0, 0.05) is 6.21 Å². The van der Waals surface area contributed by atoms with Crippen LogP contribution >= 0.6 is 0 Å². The van der Waals surface area contributed by atoms with Crippen LogP contribution in [-0.4, -0.2) is 22.1 Å². The van der Waals surface area contributed by atoms with Gasteiger partial charge in [0.25, 0.3) is 5.56 Å². The highest BCUT2D eigenvalue weighted by molar-refractivity contribution is 5.98. The first kappa shape index (κ1) is 13.9. The van der Waals surface area contributed by atoms with Crippen LogP contribution in [0.15, 0.2) is 64.6 Å². The third-order valence-electron chi connectivity index (χ3n) is 3.29. The fraction of sp³-hybridized carbons (Fsp3) is 0.0588. The highest BCUT2D eigenvalue weighted by Gasteiger charge is 2.09. The van der Waals surface area contributed by atoms with E-state index in [4.69, 9.17) is 0 Å². The van der Waals surface area contributed by atoms with Gasteiger partial charge in [-0.1, -0.05) is 36.4 Å². The van der Waals surface area contributed by atoms with Crippen molar-refractivity contribution in [3.8, 4) is 0 Å². The van der Waals surface area contributed by atoms with Gasteiger partial charge >= 0.3 is 0 Å². The van der Waals surface area contributed by atoms with Gasteiger partial charge in [-0.15, -0.1) is 0 Å². The van der Waals surface area contributed by atoms with E-state index in [1.807, 2.05) is 42.5 Å². The summed E-state index contributed by atoms with van der Waals surface area (Å²) in [6, 6.07) is 15.0. The van der Waals surface area contributed by atoms with Crippen LogP contribution in [0.3, 0.4) is 0 Å². The van der Waals surface area contributed by atoms with E-state index in [-0.39, 0.29) is 11.5 Å². The number of hydrogen-bond acceptors (Lipinski definition) is 3. The van der Waals surface area contributed by atoms with Crippen LogP contribution in [0.25, 0.3) is 10.9 Å². The number of aromatic nitrogens is 2. The molecule has 1 aromatic heterocycles. The molecule has 4 rings (SSSR count). The molecule has 0 bridgehead atoms. The molecule has 0 atom stereocenters. The average Bonchev–Trinajstić information content (AvgIpc) is 2.56. The van der Waals surface area contributed by atoms with E-state index in [1.165, 1.54) is 6.33 Å². The van der Waals surface area contributed by atoms with Gasteiger partial charge in [-0.05, 0) is 23.3 Å². The van der Waals surface area contributed by atoms with E-state index in [2.05, 4.69) is 15.0 Å². The standard InChI is InChI=1S/C9H7NO.C8H6N2O/c11-9-5-7-3-1-2-4-8(7)6-10-9;11-8-6-3-1-2-4-7(6)9-5-10-8/h1-4,6H,5H2;1-5H,(H,9,10,11). The molecular formula is C17H13N3O2. The lowest BCUT2D eigenvalue weighted by Crippen LogP contribution is -2.07. The minimum atomic E-state index is -0.0874. The topological polar surface area (TPSA) is 75.2 Å². The van der Waals surface area contributed by atoms with E-state index in [0.29, 0.717) is 11.8 Å². The van der Waals surface area contributed by atoms with E-state index in [1.54, 1.807) is 12.3 Å². The summed E-state index contributed by atoms with van der Waals surface area (Å²) in [5.41, 5.74) is 2.78. The van der Waals surface area contributed by atoms with Gasteiger partial charge in [0.1, 0.15) is 0 Å². The van der Waals surface area contributed by atoms with E-state index >= 15 is 0 Å². The van der Waals surface area contributed by atoms with Crippen molar-refractivity contribution in [3.05, 3.63) is 76.3 Å². The third kappa shape index (κ3) is 2.98. The van der Waals surface area contributed by atoms with Crippen LogP contribution in [0.4, 0.5) is 0 Å². The smallest absolute Gasteiger partial charge is 0.258 e. The number of H-pyrrole nitrogens is 1. The summed E-state index contributed by atoms with van der Waals surface area (Å²) in [4.78, 5) is 32.1. The monoisotopic (exact) mass is 291 g/mol. The Balaban J connectivity index is 0.000000131. The van der Waals surface area contributed by atoms with Crippen LogP contribution in [-0.2, 0) is 11.2 Å². The summed E-state index contributed by atoms with van der Waals surface area (Å²) in [6.07, 6.45) is 3.48. The van der Waals surface area contributed by atoms with Gasteiger partial charge in [0.15, 0.2) is 0 Å². The van der Waals surface area contributed by atoms with Gasteiger partial charge in [-0.2, -0.15) is 0 Å².